The third-order valence-corrected chi connectivity index (χ3v) is 2.97. The molecule has 0 aliphatic rings. The third-order valence-electron chi connectivity index (χ3n) is 2.72. The Morgan fingerprint density at radius 1 is 1.30 bits per heavy atom. The topological polar surface area (TPSA) is 67.4 Å². The van der Waals surface area contributed by atoms with E-state index >= 15 is 0 Å². The molecule has 1 rings (SSSR count). The van der Waals surface area contributed by atoms with Gasteiger partial charge < -0.3 is 15.4 Å². The van der Waals surface area contributed by atoms with Crippen LogP contribution in [0.1, 0.15) is 24.9 Å². The van der Waals surface area contributed by atoms with Crippen LogP contribution in [0.2, 0.25) is 5.02 Å². The molecule has 1 unspecified atom stereocenters. The second-order valence-corrected chi connectivity index (χ2v) is 4.80. The van der Waals surface area contributed by atoms with Gasteiger partial charge in [0, 0.05) is 25.7 Å². The second kappa shape index (κ2) is 8.55. The lowest BCUT2D eigenvalue weighted by Crippen LogP contribution is -2.38. The van der Waals surface area contributed by atoms with Gasteiger partial charge in [-0.1, -0.05) is 23.7 Å². The Hall–Kier alpha value is -1.59. The van der Waals surface area contributed by atoms with Crippen LogP contribution in [0, 0.1) is 0 Å². The van der Waals surface area contributed by atoms with E-state index < -0.39 is 0 Å². The van der Waals surface area contributed by atoms with E-state index in [1.54, 1.807) is 19.2 Å². The number of benzene rings is 1. The molecule has 1 aromatic carbocycles. The van der Waals surface area contributed by atoms with Crippen LogP contribution in [0.5, 0.6) is 0 Å². The molecule has 0 radical (unpaired) electrons. The molecule has 1 atom stereocenters. The number of carbonyl (C=O) groups is 2. The first-order valence-electron chi connectivity index (χ1n) is 6.31. The number of amides is 2. The molecule has 0 heterocycles. The van der Waals surface area contributed by atoms with Gasteiger partial charge in [-0.25, -0.2) is 0 Å². The molecule has 2 N–H and O–H groups in total. The van der Waals surface area contributed by atoms with E-state index in [9.17, 15) is 9.59 Å². The summed E-state index contributed by atoms with van der Waals surface area (Å²) in [6.07, 6.45) is 0.643. The summed E-state index contributed by atoms with van der Waals surface area (Å²) in [5.74, 6) is -0.476. The minimum atomic E-state index is -0.240. The fourth-order valence-corrected chi connectivity index (χ4v) is 1.83. The fraction of sp³-hybridized carbons (Fsp3) is 0.429. The predicted molar refractivity (Wildman–Crippen MR) is 77.5 cm³/mol. The van der Waals surface area contributed by atoms with Crippen molar-refractivity contribution in [3.63, 3.8) is 0 Å². The van der Waals surface area contributed by atoms with E-state index in [1.807, 2.05) is 12.1 Å². The molecule has 5 nitrogen and oxygen atoms in total. The number of rotatable bonds is 7. The Morgan fingerprint density at radius 3 is 2.50 bits per heavy atom. The second-order valence-electron chi connectivity index (χ2n) is 4.36. The molecular weight excluding hydrogens is 280 g/mol. The van der Waals surface area contributed by atoms with Gasteiger partial charge in [0.1, 0.15) is 0 Å². The molecule has 0 spiro atoms. The maximum atomic E-state index is 11.8. The first-order chi connectivity index (χ1) is 9.52. The summed E-state index contributed by atoms with van der Waals surface area (Å²) in [5, 5.41) is 5.97. The Kier molecular flexibility index (Phi) is 7.04. The molecule has 2 amide bonds. The molecule has 0 aromatic heterocycles. The highest BCUT2D eigenvalue weighted by molar-refractivity contribution is 6.30. The standard InChI is InChI=1S/C14H19ClN2O3/c1-10(18)16-9-14(19)17-13(7-8-20-2)11-3-5-12(15)6-4-11/h3-6,13H,7-9H2,1-2H3,(H,16,18)(H,17,19). The molecule has 0 aliphatic carbocycles. The summed E-state index contributed by atoms with van der Waals surface area (Å²) in [4.78, 5) is 22.6. The summed E-state index contributed by atoms with van der Waals surface area (Å²) < 4.78 is 5.05. The summed E-state index contributed by atoms with van der Waals surface area (Å²) in [5.41, 5.74) is 0.947. The number of hydrogen-bond donors (Lipinski definition) is 2. The summed E-state index contributed by atoms with van der Waals surface area (Å²) in [6, 6.07) is 7.10. The first-order valence-corrected chi connectivity index (χ1v) is 6.69. The number of hydrogen-bond acceptors (Lipinski definition) is 3. The van der Waals surface area contributed by atoms with Gasteiger partial charge >= 0.3 is 0 Å². The zero-order valence-electron chi connectivity index (χ0n) is 11.6. The van der Waals surface area contributed by atoms with Crippen LogP contribution in [0.25, 0.3) is 0 Å². The Bertz CT molecular complexity index is 448. The number of carbonyl (C=O) groups excluding carboxylic acids is 2. The quantitative estimate of drug-likeness (QED) is 0.804. The van der Waals surface area contributed by atoms with Crippen LogP contribution < -0.4 is 10.6 Å². The lowest BCUT2D eigenvalue weighted by molar-refractivity contribution is -0.125. The highest BCUT2D eigenvalue weighted by atomic mass is 35.5. The van der Waals surface area contributed by atoms with Gasteiger partial charge in [0.05, 0.1) is 12.6 Å². The number of ether oxygens (including phenoxy) is 1. The molecule has 1 aromatic rings. The van der Waals surface area contributed by atoms with Gasteiger partial charge in [-0.3, -0.25) is 9.59 Å². The summed E-state index contributed by atoms with van der Waals surface area (Å²) in [7, 11) is 1.61. The van der Waals surface area contributed by atoms with Crippen LogP contribution >= 0.6 is 11.6 Å². The van der Waals surface area contributed by atoms with Gasteiger partial charge in [0.2, 0.25) is 11.8 Å². The van der Waals surface area contributed by atoms with E-state index in [-0.39, 0.29) is 24.4 Å². The van der Waals surface area contributed by atoms with Crippen molar-refractivity contribution in [1.29, 1.82) is 0 Å². The van der Waals surface area contributed by atoms with E-state index in [2.05, 4.69) is 10.6 Å². The lowest BCUT2D eigenvalue weighted by atomic mass is 10.0. The molecule has 0 fully saturated rings. The average molecular weight is 299 g/mol. The summed E-state index contributed by atoms with van der Waals surface area (Å²) >= 11 is 5.85. The van der Waals surface area contributed by atoms with Crippen molar-refractivity contribution in [2.75, 3.05) is 20.3 Å². The van der Waals surface area contributed by atoms with Crippen molar-refractivity contribution in [1.82, 2.24) is 10.6 Å². The van der Waals surface area contributed by atoms with Crippen LogP contribution in [0.15, 0.2) is 24.3 Å². The van der Waals surface area contributed by atoms with E-state index in [0.717, 1.165) is 5.56 Å². The first kappa shape index (κ1) is 16.5. The molecule has 0 saturated heterocycles. The third kappa shape index (κ3) is 6.04. The highest BCUT2D eigenvalue weighted by Gasteiger charge is 2.14. The zero-order chi connectivity index (χ0) is 15.0. The van der Waals surface area contributed by atoms with Gasteiger partial charge in [-0.2, -0.15) is 0 Å². The molecular formula is C14H19ClN2O3. The van der Waals surface area contributed by atoms with Crippen LogP contribution in [-0.4, -0.2) is 32.1 Å². The predicted octanol–water partition coefficient (Wildman–Crippen LogP) is 1.67. The molecule has 110 valence electrons. The molecule has 0 aliphatic heterocycles. The molecule has 6 heteroatoms. The smallest absolute Gasteiger partial charge is 0.239 e. The Morgan fingerprint density at radius 2 is 1.95 bits per heavy atom. The minimum Gasteiger partial charge on any atom is -0.385 e. The molecule has 0 saturated carbocycles. The Balaban J connectivity index is 2.66. The van der Waals surface area contributed by atoms with Gasteiger partial charge in [-0.05, 0) is 24.1 Å². The molecule has 0 bridgehead atoms. The van der Waals surface area contributed by atoms with Crippen molar-refractivity contribution >= 4 is 23.4 Å². The van der Waals surface area contributed by atoms with Gasteiger partial charge in [0.15, 0.2) is 0 Å². The van der Waals surface area contributed by atoms with Crippen LogP contribution in [0.4, 0.5) is 0 Å². The van der Waals surface area contributed by atoms with Crippen molar-refractivity contribution in [2.45, 2.75) is 19.4 Å². The maximum Gasteiger partial charge on any atom is 0.239 e. The number of halogens is 1. The zero-order valence-corrected chi connectivity index (χ0v) is 12.4. The van der Waals surface area contributed by atoms with Crippen LogP contribution in [-0.2, 0) is 14.3 Å². The Labute approximate surface area is 123 Å². The lowest BCUT2D eigenvalue weighted by Gasteiger charge is -2.19. The molecule has 20 heavy (non-hydrogen) atoms. The van der Waals surface area contributed by atoms with Crippen LogP contribution in [0.3, 0.4) is 0 Å². The average Bonchev–Trinajstić information content (AvgIpc) is 2.42. The fourth-order valence-electron chi connectivity index (χ4n) is 1.70. The largest absolute Gasteiger partial charge is 0.385 e. The van der Waals surface area contributed by atoms with Crippen molar-refractivity contribution < 1.29 is 14.3 Å². The van der Waals surface area contributed by atoms with Gasteiger partial charge in [-0.15, -0.1) is 0 Å². The highest BCUT2D eigenvalue weighted by Crippen LogP contribution is 2.19. The summed E-state index contributed by atoms with van der Waals surface area (Å²) in [6.45, 7) is 1.86. The van der Waals surface area contributed by atoms with Gasteiger partial charge in [0.25, 0.3) is 0 Å². The SMILES string of the molecule is COCCC(NC(=O)CNC(C)=O)c1ccc(Cl)cc1. The van der Waals surface area contributed by atoms with Crippen molar-refractivity contribution in [2.24, 2.45) is 0 Å². The minimum absolute atomic E-state index is 0.0353. The van der Waals surface area contributed by atoms with E-state index in [0.29, 0.717) is 18.1 Å². The van der Waals surface area contributed by atoms with E-state index in [4.69, 9.17) is 16.3 Å². The number of nitrogens with one attached hydrogen (secondary N) is 2. The normalized spacial score (nSPS) is 11.8. The monoisotopic (exact) mass is 298 g/mol. The van der Waals surface area contributed by atoms with Crippen molar-refractivity contribution in [3.8, 4) is 0 Å². The number of methoxy groups -OCH3 is 1. The van der Waals surface area contributed by atoms with E-state index in [1.165, 1.54) is 6.92 Å². The maximum absolute atomic E-state index is 11.8. The van der Waals surface area contributed by atoms with Crippen molar-refractivity contribution in [3.05, 3.63) is 34.9 Å².